The van der Waals surface area contributed by atoms with Crippen LogP contribution in [0.1, 0.15) is 47.8 Å². The molecule has 0 spiro atoms. The molecule has 0 N–H and O–H groups in total. The molecule has 1 aliphatic heterocycles. The second-order valence-electron chi connectivity index (χ2n) is 8.17. The van der Waals surface area contributed by atoms with Crippen molar-refractivity contribution in [2.45, 2.75) is 52.6 Å². The molecule has 30 heavy (non-hydrogen) atoms. The molecule has 0 bridgehead atoms. The van der Waals surface area contributed by atoms with Gasteiger partial charge in [0.25, 0.3) is 0 Å². The first-order valence-electron chi connectivity index (χ1n) is 10.3. The Morgan fingerprint density at radius 2 is 2.07 bits per heavy atom. The Morgan fingerprint density at radius 3 is 2.73 bits per heavy atom. The van der Waals surface area contributed by atoms with Crippen LogP contribution in [0.3, 0.4) is 0 Å². The van der Waals surface area contributed by atoms with Gasteiger partial charge in [-0.25, -0.2) is 8.42 Å². The molecule has 7 nitrogen and oxygen atoms in total. The van der Waals surface area contributed by atoms with Crippen molar-refractivity contribution in [3.63, 3.8) is 0 Å². The number of rotatable bonds is 8. The highest BCUT2D eigenvalue weighted by Crippen LogP contribution is 2.27. The number of aryl methyl sites for hydroxylation is 2. The minimum atomic E-state index is -2.97. The summed E-state index contributed by atoms with van der Waals surface area (Å²) in [4.78, 5) is 14.3. The van der Waals surface area contributed by atoms with Gasteiger partial charge in [0.05, 0.1) is 29.8 Å². The van der Waals surface area contributed by atoms with Crippen LogP contribution >= 0.6 is 0 Å². The topological polar surface area (TPSA) is 81.5 Å². The van der Waals surface area contributed by atoms with Crippen molar-refractivity contribution in [3.05, 3.63) is 46.8 Å². The zero-order chi connectivity index (χ0) is 21.9. The first kappa shape index (κ1) is 22.3. The molecule has 1 saturated heterocycles. The maximum Gasteiger partial charge on any atom is 0.222 e. The summed E-state index contributed by atoms with van der Waals surface area (Å²) in [6.45, 7) is 6.84. The van der Waals surface area contributed by atoms with Crippen LogP contribution in [-0.2, 0) is 21.2 Å². The van der Waals surface area contributed by atoms with Gasteiger partial charge in [-0.3, -0.25) is 9.48 Å². The minimum absolute atomic E-state index is 0.0536. The van der Waals surface area contributed by atoms with E-state index in [-0.39, 0.29) is 23.5 Å². The summed E-state index contributed by atoms with van der Waals surface area (Å²) in [7, 11) is -1.18. The van der Waals surface area contributed by atoms with E-state index in [0.29, 0.717) is 32.4 Å². The van der Waals surface area contributed by atoms with Crippen molar-refractivity contribution >= 4 is 15.7 Å². The average Bonchev–Trinajstić information content (AvgIpc) is 3.18. The molecule has 8 heteroatoms. The van der Waals surface area contributed by atoms with Crippen molar-refractivity contribution < 1.29 is 17.9 Å². The standard InChI is InChI=1S/C22H31N3O4S/c1-16-7-5-8-20(13-16)29-11-6-9-22(26)24(4)14-21-17(2)23-25(18(21)3)19-10-12-30(27,28)15-19/h5,7-8,13,19H,6,9-12,14-15H2,1-4H3. The Bertz CT molecular complexity index is 1010. The average molecular weight is 434 g/mol. The maximum atomic E-state index is 12.5. The first-order chi connectivity index (χ1) is 14.2. The molecule has 0 radical (unpaired) electrons. The van der Waals surface area contributed by atoms with Crippen LogP contribution in [0.5, 0.6) is 5.75 Å². The van der Waals surface area contributed by atoms with Crippen LogP contribution in [0.15, 0.2) is 24.3 Å². The maximum absolute atomic E-state index is 12.5. The highest BCUT2D eigenvalue weighted by Gasteiger charge is 2.31. The number of carbonyl (C=O) groups excluding carboxylic acids is 1. The molecule has 1 atom stereocenters. The minimum Gasteiger partial charge on any atom is -0.494 e. The monoisotopic (exact) mass is 433 g/mol. The SMILES string of the molecule is Cc1cccc(OCCCC(=O)N(C)Cc2c(C)nn(C3CCS(=O)(=O)C3)c2C)c1. The molecular weight excluding hydrogens is 402 g/mol. The van der Waals surface area contributed by atoms with Gasteiger partial charge in [0.15, 0.2) is 9.84 Å². The van der Waals surface area contributed by atoms with Gasteiger partial charge in [-0.1, -0.05) is 12.1 Å². The van der Waals surface area contributed by atoms with Crippen LogP contribution in [0, 0.1) is 20.8 Å². The second-order valence-corrected chi connectivity index (χ2v) is 10.4. The lowest BCUT2D eigenvalue weighted by Gasteiger charge is -2.18. The lowest BCUT2D eigenvalue weighted by Crippen LogP contribution is -2.27. The van der Waals surface area contributed by atoms with E-state index >= 15 is 0 Å². The van der Waals surface area contributed by atoms with E-state index in [1.165, 1.54) is 0 Å². The van der Waals surface area contributed by atoms with Gasteiger partial charge >= 0.3 is 0 Å². The number of ether oxygens (including phenoxy) is 1. The summed E-state index contributed by atoms with van der Waals surface area (Å²) in [6, 6.07) is 7.76. The number of carbonyl (C=O) groups is 1. The summed E-state index contributed by atoms with van der Waals surface area (Å²) in [5.41, 5.74) is 3.92. The van der Waals surface area contributed by atoms with Crippen LogP contribution in [-0.4, -0.2) is 54.2 Å². The van der Waals surface area contributed by atoms with Crippen molar-refractivity contribution in [2.75, 3.05) is 25.2 Å². The molecule has 3 rings (SSSR count). The zero-order valence-corrected chi connectivity index (χ0v) is 19.0. The lowest BCUT2D eigenvalue weighted by atomic mass is 10.1. The van der Waals surface area contributed by atoms with Gasteiger partial charge in [0.1, 0.15) is 5.75 Å². The number of benzene rings is 1. The van der Waals surface area contributed by atoms with Crippen LogP contribution in [0.4, 0.5) is 0 Å². The second kappa shape index (κ2) is 9.20. The first-order valence-corrected chi connectivity index (χ1v) is 12.2. The Balaban J connectivity index is 1.52. The molecule has 1 aromatic carbocycles. The quantitative estimate of drug-likeness (QED) is 0.598. The van der Waals surface area contributed by atoms with Crippen molar-refractivity contribution in [3.8, 4) is 5.75 Å². The highest BCUT2D eigenvalue weighted by atomic mass is 32.2. The molecule has 0 aliphatic carbocycles. The highest BCUT2D eigenvalue weighted by molar-refractivity contribution is 7.91. The molecule has 2 heterocycles. The summed E-state index contributed by atoms with van der Waals surface area (Å²) < 4.78 is 31.2. The molecule has 0 saturated carbocycles. The molecule has 1 amide bonds. The zero-order valence-electron chi connectivity index (χ0n) is 18.2. The summed E-state index contributed by atoms with van der Waals surface area (Å²) in [5, 5.41) is 4.58. The fourth-order valence-electron chi connectivity index (χ4n) is 3.88. The third kappa shape index (κ3) is 5.41. The molecule has 2 aromatic rings. The van der Waals surface area contributed by atoms with E-state index in [0.717, 1.165) is 28.3 Å². The predicted octanol–water partition coefficient (Wildman–Crippen LogP) is 2.99. The Morgan fingerprint density at radius 1 is 1.30 bits per heavy atom. The smallest absolute Gasteiger partial charge is 0.222 e. The van der Waals surface area contributed by atoms with Gasteiger partial charge in [0.2, 0.25) is 5.91 Å². The molecule has 164 valence electrons. The number of hydrogen-bond donors (Lipinski definition) is 0. The summed E-state index contributed by atoms with van der Waals surface area (Å²) >= 11 is 0. The fourth-order valence-corrected chi connectivity index (χ4v) is 5.58. The number of aromatic nitrogens is 2. The molecule has 1 unspecified atom stereocenters. The van der Waals surface area contributed by atoms with Gasteiger partial charge in [-0.2, -0.15) is 5.10 Å². The lowest BCUT2D eigenvalue weighted by molar-refractivity contribution is -0.130. The summed E-state index contributed by atoms with van der Waals surface area (Å²) in [6.07, 6.45) is 1.66. The van der Waals surface area contributed by atoms with Gasteiger partial charge in [-0.15, -0.1) is 0 Å². The predicted molar refractivity (Wildman–Crippen MR) is 116 cm³/mol. The van der Waals surface area contributed by atoms with Crippen LogP contribution in [0.25, 0.3) is 0 Å². The van der Waals surface area contributed by atoms with Crippen molar-refractivity contribution in [1.29, 1.82) is 0 Å². The Hall–Kier alpha value is -2.35. The van der Waals surface area contributed by atoms with E-state index in [2.05, 4.69) is 5.10 Å². The van der Waals surface area contributed by atoms with Gasteiger partial charge in [-0.05, 0) is 51.3 Å². The Kier molecular flexibility index (Phi) is 6.85. The van der Waals surface area contributed by atoms with Gasteiger partial charge < -0.3 is 9.64 Å². The fraction of sp³-hybridized carbons (Fsp3) is 0.545. The third-order valence-corrected chi connectivity index (χ3v) is 7.39. The number of amides is 1. The molecule has 1 fully saturated rings. The normalized spacial score (nSPS) is 17.8. The van der Waals surface area contributed by atoms with Crippen molar-refractivity contribution in [2.24, 2.45) is 0 Å². The van der Waals surface area contributed by atoms with E-state index in [9.17, 15) is 13.2 Å². The van der Waals surface area contributed by atoms with Crippen molar-refractivity contribution in [1.82, 2.24) is 14.7 Å². The van der Waals surface area contributed by atoms with Gasteiger partial charge in [0, 0.05) is 31.3 Å². The van der Waals surface area contributed by atoms with E-state index in [1.54, 1.807) is 11.9 Å². The number of hydrogen-bond acceptors (Lipinski definition) is 5. The Labute approximate surface area is 178 Å². The summed E-state index contributed by atoms with van der Waals surface area (Å²) in [5.74, 6) is 1.24. The number of nitrogens with zero attached hydrogens (tertiary/aromatic N) is 3. The van der Waals surface area contributed by atoms with Crippen LogP contribution in [0.2, 0.25) is 0 Å². The van der Waals surface area contributed by atoms with E-state index < -0.39 is 9.84 Å². The molecule has 1 aliphatic rings. The van der Waals surface area contributed by atoms with E-state index in [4.69, 9.17) is 4.74 Å². The molecule has 1 aromatic heterocycles. The van der Waals surface area contributed by atoms with Crippen LogP contribution < -0.4 is 4.74 Å². The van der Waals surface area contributed by atoms with E-state index in [1.807, 2.05) is 49.7 Å². The molecular formula is C22H31N3O4S. The number of sulfone groups is 1. The third-order valence-electron chi connectivity index (χ3n) is 5.64. The largest absolute Gasteiger partial charge is 0.494 e.